The molecule has 1 unspecified atom stereocenters. The van der Waals surface area contributed by atoms with Crippen molar-refractivity contribution in [2.24, 2.45) is 5.92 Å². The molecular weight excluding hydrogens is 256 g/mol. The smallest absolute Gasteiger partial charge is 0.248 e. The first-order valence-electron chi connectivity index (χ1n) is 6.34. The molecule has 1 saturated carbocycles. The van der Waals surface area contributed by atoms with Crippen LogP contribution in [0.1, 0.15) is 31.2 Å². The second-order valence-corrected chi connectivity index (χ2v) is 5.59. The van der Waals surface area contributed by atoms with Gasteiger partial charge in [0.1, 0.15) is 0 Å². The summed E-state index contributed by atoms with van der Waals surface area (Å²) in [6.45, 7) is 2.57. The molecule has 2 rings (SSSR count). The van der Waals surface area contributed by atoms with Crippen LogP contribution in [0, 0.1) is 12.8 Å². The Labute approximate surface area is 112 Å². The van der Waals surface area contributed by atoms with Crippen molar-refractivity contribution >= 4 is 17.3 Å². The molecule has 100 valence electrons. The van der Waals surface area contributed by atoms with Crippen LogP contribution < -0.4 is 5.32 Å². The summed E-state index contributed by atoms with van der Waals surface area (Å²) in [5.41, 5.74) is 2.03. The number of rotatable bonds is 3. The lowest BCUT2D eigenvalue weighted by Gasteiger charge is -2.29. The van der Waals surface area contributed by atoms with Gasteiger partial charge in [0, 0.05) is 30.1 Å². The van der Waals surface area contributed by atoms with Crippen LogP contribution in [-0.2, 0) is 0 Å². The quantitative estimate of drug-likeness (QED) is 0.827. The van der Waals surface area contributed by atoms with E-state index in [1.165, 1.54) is 0 Å². The highest BCUT2D eigenvalue weighted by Gasteiger charge is 2.35. The maximum atomic E-state index is 13.3. The van der Waals surface area contributed by atoms with Gasteiger partial charge in [-0.2, -0.15) is 0 Å². The van der Waals surface area contributed by atoms with Crippen LogP contribution in [0.4, 0.5) is 14.5 Å². The zero-order valence-corrected chi connectivity index (χ0v) is 11.2. The monoisotopic (exact) mass is 273 g/mol. The zero-order valence-electron chi connectivity index (χ0n) is 10.5. The number of hydrogen-bond acceptors (Lipinski definition) is 1. The largest absolute Gasteiger partial charge is 0.385 e. The van der Waals surface area contributed by atoms with E-state index in [9.17, 15) is 8.78 Å². The maximum Gasteiger partial charge on any atom is 0.248 e. The third kappa shape index (κ3) is 3.58. The van der Waals surface area contributed by atoms with Crippen molar-refractivity contribution in [3.63, 3.8) is 0 Å². The van der Waals surface area contributed by atoms with Crippen molar-refractivity contribution in [3.8, 4) is 0 Å². The van der Waals surface area contributed by atoms with Gasteiger partial charge >= 0.3 is 0 Å². The summed E-state index contributed by atoms with van der Waals surface area (Å²) in [5.74, 6) is -2.43. The van der Waals surface area contributed by atoms with Crippen LogP contribution >= 0.6 is 11.6 Å². The molecule has 0 amide bonds. The molecule has 18 heavy (non-hydrogen) atoms. The number of alkyl halides is 2. The standard InChI is InChI=1S/C14H18ClF2N/c1-10-4-5-12(15)7-13(10)18-9-11-3-2-6-14(16,17)8-11/h4-5,7,11,18H,2-3,6,8-9H2,1H3. The van der Waals surface area contributed by atoms with Gasteiger partial charge in [0.2, 0.25) is 5.92 Å². The molecule has 1 aromatic rings. The van der Waals surface area contributed by atoms with Crippen molar-refractivity contribution in [3.05, 3.63) is 28.8 Å². The molecule has 1 atom stereocenters. The average molecular weight is 274 g/mol. The third-order valence-corrected chi connectivity index (χ3v) is 3.76. The van der Waals surface area contributed by atoms with Gasteiger partial charge in [0.25, 0.3) is 0 Å². The normalized spacial score (nSPS) is 22.8. The Morgan fingerprint density at radius 3 is 2.94 bits per heavy atom. The van der Waals surface area contributed by atoms with Gasteiger partial charge < -0.3 is 5.32 Å². The average Bonchev–Trinajstić information content (AvgIpc) is 2.29. The first-order chi connectivity index (χ1) is 8.46. The Hall–Kier alpha value is -0.830. The fourth-order valence-electron chi connectivity index (χ4n) is 2.49. The van der Waals surface area contributed by atoms with E-state index in [4.69, 9.17) is 11.6 Å². The Bertz CT molecular complexity index is 420. The minimum atomic E-state index is -2.48. The second-order valence-electron chi connectivity index (χ2n) is 5.16. The molecule has 1 N–H and O–H groups in total. The summed E-state index contributed by atoms with van der Waals surface area (Å²) in [6.07, 6.45) is 1.54. The molecule has 1 nitrogen and oxygen atoms in total. The molecule has 1 aromatic carbocycles. The molecule has 0 bridgehead atoms. The number of aryl methyl sites for hydroxylation is 1. The summed E-state index contributed by atoms with van der Waals surface area (Å²) in [7, 11) is 0. The minimum absolute atomic E-state index is 0.000384. The van der Waals surface area contributed by atoms with Crippen LogP contribution in [0.3, 0.4) is 0 Å². The van der Waals surface area contributed by atoms with E-state index in [-0.39, 0.29) is 18.8 Å². The third-order valence-electron chi connectivity index (χ3n) is 3.52. The highest BCUT2D eigenvalue weighted by molar-refractivity contribution is 6.30. The summed E-state index contributed by atoms with van der Waals surface area (Å²) in [5, 5.41) is 3.91. The number of halogens is 3. The van der Waals surface area contributed by atoms with Gasteiger partial charge in [-0.05, 0) is 43.4 Å². The number of hydrogen-bond donors (Lipinski definition) is 1. The summed E-state index contributed by atoms with van der Waals surface area (Å²) >= 11 is 5.92. The van der Waals surface area contributed by atoms with Gasteiger partial charge in [-0.25, -0.2) is 8.78 Å². The summed E-state index contributed by atoms with van der Waals surface area (Å²) in [6, 6.07) is 5.61. The predicted octanol–water partition coefficient (Wildman–Crippen LogP) is 4.89. The molecule has 0 spiro atoms. The van der Waals surface area contributed by atoms with Gasteiger partial charge in [0.05, 0.1) is 0 Å². The van der Waals surface area contributed by atoms with Crippen LogP contribution in [0.5, 0.6) is 0 Å². The van der Waals surface area contributed by atoms with E-state index >= 15 is 0 Å². The molecule has 4 heteroatoms. The van der Waals surface area contributed by atoms with Crippen molar-refractivity contribution in [2.75, 3.05) is 11.9 Å². The zero-order chi connectivity index (χ0) is 13.2. The summed E-state index contributed by atoms with van der Waals surface area (Å²) < 4.78 is 26.5. The van der Waals surface area contributed by atoms with Crippen molar-refractivity contribution in [2.45, 2.75) is 38.5 Å². The topological polar surface area (TPSA) is 12.0 Å². The molecule has 0 aliphatic heterocycles. The fraction of sp³-hybridized carbons (Fsp3) is 0.571. The van der Waals surface area contributed by atoms with Gasteiger partial charge in [-0.15, -0.1) is 0 Å². The van der Waals surface area contributed by atoms with Crippen LogP contribution in [0.15, 0.2) is 18.2 Å². The van der Waals surface area contributed by atoms with Crippen molar-refractivity contribution < 1.29 is 8.78 Å². The van der Waals surface area contributed by atoms with E-state index in [2.05, 4.69) is 5.32 Å². The van der Waals surface area contributed by atoms with Crippen LogP contribution in [0.2, 0.25) is 5.02 Å². The van der Waals surface area contributed by atoms with Gasteiger partial charge in [0.15, 0.2) is 0 Å². The Balaban J connectivity index is 1.93. The minimum Gasteiger partial charge on any atom is -0.385 e. The number of nitrogens with one attached hydrogen (secondary N) is 1. The van der Waals surface area contributed by atoms with Crippen LogP contribution in [-0.4, -0.2) is 12.5 Å². The SMILES string of the molecule is Cc1ccc(Cl)cc1NCC1CCCC(F)(F)C1. The Morgan fingerprint density at radius 2 is 2.22 bits per heavy atom. The van der Waals surface area contributed by atoms with E-state index in [1.54, 1.807) is 0 Å². The van der Waals surface area contributed by atoms with E-state index in [0.717, 1.165) is 17.7 Å². The maximum absolute atomic E-state index is 13.3. The summed E-state index contributed by atoms with van der Waals surface area (Å²) in [4.78, 5) is 0. The molecule has 0 saturated heterocycles. The Kier molecular flexibility index (Phi) is 4.10. The molecular formula is C14H18ClF2N. The molecule has 0 aromatic heterocycles. The van der Waals surface area contributed by atoms with Gasteiger partial charge in [-0.3, -0.25) is 0 Å². The highest BCUT2D eigenvalue weighted by Crippen LogP contribution is 2.36. The van der Waals surface area contributed by atoms with E-state index < -0.39 is 5.92 Å². The molecule has 1 aliphatic carbocycles. The first-order valence-corrected chi connectivity index (χ1v) is 6.72. The van der Waals surface area contributed by atoms with Crippen molar-refractivity contribution in [1.82, 2.24) is 0 Å². The number of anilines is 1. The molecule has 1 aliphatic rings. The van der Waals surface area contributed by atoms with E-state index in [0.29, 0.717) is 18.0 Å². The van der Waals surface area contributed by atoms with Crippen LogP contribution in [0.25, 0.3) is 0 Å². The van der Waals surface area contributed by atoms with E-state index in [1.807, 2.05) is 25.1 Å². The lowest BCUT2D eigenvalue weighted by Crippen LogP contribution is -2.29. The Morgan fingerprint density at radius 1 is 1.44 bits per heavy atom. The predicted molar refractivity (Wildman–Crippen MR) is 71.6 cm³/mol. The lowest BCUT2D eigenvalue weighted by molar-refractivity contribution is -0.0502. The van der Waals surface area contributed by atoms with Gasteiger partial charge in [-0.1, -0.05) is 17.7 Å². The molecule has 0 radical (unpaired) electrons. The molecule has 1 fully saturated rings. The second kappa shape index (κ2) is 5.43. The van der Waals surface area contributed by atoms with Crippen molar-refractivity contribution in [1.29, 1.82) is 0 Å². The molecule has 0 heterocycles. The fourth-order valence-corrected chi connectivity index (χ4v) is 2.66. The number of benzene rings is 1. The lowest BCUT2D eigenvalue weighted by atomic mass is 9.86. The first kappa shape index (κ1) is 13.6. The highest BCUT2D eigenvalue weighted by atomic mass is 35.5.